The van der Waals surface area contributed by atoms with Crippen LogP contribution in [-0.2, 0) is 0 Å². The molecule has 50 heavy (non-hydrogen) atoms. The molecule has 9 aromatic rings. The van der Waals surface area contributed by atoms with Crippen LogP contribution in [0.3, 0.4) is 0 Å². The molecule has 0 spiro atoms. The molecular formula is C45H31N5. The van der Waals surface area contributed by atoms with E-state index in [1.165, 1.54) is 0 Å². The van der Waals surface area contributed by atoms with E-state index in [0.717, 1.165) is 94.4 Å². The number of fused-ring (bicyclic) bond motifs is 4. The largest absolute Gasteiger partial charge is 0.256 e. The predicted molar refractivity (Wildman–Crippen MR) is 205 cm³/mol. The third kappa shape index (κ3) is 5.35. The molecule has 0 aliphatic rings. The van der Waals surface area contributed by atoms with Crippen LogP contribution in [-0.4, -0.2) is 24.9 Å². The van der Waals surface area contributed by atoms with Crippen molar-refractivity contribution in [1.29, 1.82) is 0 Å². The first-order valence-corrected chi connectivity index (χ1v) is 16.7. The highest BCUT2D eigenvalue weighted by molar-refractivity contribution is 6.08. The van der Waals surface area contributed by atoms with Gasteiger partial charge in [0.2, 0.25) is 0 Å². The van der Waals surface area contributed by atoms with Crippen molar-refractivity contribution in [3.8, 4) is 56.2 Å². The van der Waals surface area contributed by atoms with Gasteiger partial charge in [0.15, 0.2) is 5.82 Å². The van der Waals surface area contributed by atoms with Crippen molar-refractivity contribution < 1.29 is 0 Å². The normalized spacial score (nSPS) is 11.4. The van der Waals surface area contributed by atoms with Gasteiger partial charge in [-0.05, 0) is 60.9 Å². The van der Waals surface area contributed by atoms with E-state index in [1.807, 2.05) is 50.4 Å². The van der Waals surface area contributed by atoms with Crippen LogP contribution in [0, 0.1) is 13.8 Å². The van der Waals surface area contributed by atoms with Gasteiger partial charge < -0.3 is 0 Å². The van der Waals surface area contributed by atoms with Crippen LogP contribution in [0.1, 0.15) is 11.4 Å². The number of aryl methyl sites for hydroxylation is 2. The van der Waals surface area contributed by atoms with E-state index in [4.69, 9.17) is 24.9 Å². The molecule has 5 heteroatoms. The van der Waals surface area contributed by atoms with Crippen LogP contribution in [0.2, 0.25) is 0 Å². The first-order chi connectivity index (χ1) is 24.6. The quantitative estimate of drug-likeness (QED) is 0.175. The molecule has 236 valence electrons. The van der Waals surface area contributed by atoms with Crippen molar-refractivity contribution in [2.75, 3.05) is 0 Å². The highest BCUT2D eigenvalue weighted by atomic mass is 14.9. The van der Waals surface area contributed by atoms with Crippen LogP contribution < -0.4 is 0 Å². The second kappa shape index (κ2) is 12.1. The molecule has 0 radical (unpaired) electrons. The van der Waals surface area contributed by atoms with Gasteiger partial charge in [0.25, 0.3) is 0 Å². The number of aromatic nitrogens is 5. The minimum absolute atomic E-state index is 0.673. The zero-order chi connectivity index (χ0) is 33.6. The minimum atomic E-state index is 0.673. The molecule has 0 atom stereocenters. The van der Waals surface area contributed by atoms with Crippen LogP contribution in [0.15, 0.2) is 152 Å². The van der Waals surface area contributed by atoms with Gasteiger partial charge in [-0.25, -0.2) is 9.97 Å². The fraction of sp³-hybridized carbons (Fsp3) is 0.0444. The van der Waals surface area contributed by atoms with Gasteiger partial charge in [0, 0.05) is 56.0 Å². The molecule has 4 heterocycles. The van der Waals surface area contributed by atoms with Crippen molar-refractivity contribution in [2.24, 2.45) is 0 Å². The lowest BCUT2D eigenvalue weighted by Crippen LogP contribution is -1.96. The number of rotatable bonds is 5. The number of para-hydroxylation sites is 1. The predicted octanol–water partition coefficient (Wildman–Crippen LogP) is 11.1. The summed E-state index contributed by atoms with van der Waals surface area (Å²) < 4.78 is 0. The average Bonchev–Trinajstić information content (AvgIpc) is 3.17. The van der Waals surface area contributed by atoms with Crippen LogP contribution in [0.4, 0.5) is 0 Å². The monoisotopic (exact) mass is 641 g/mol. The summed E-state index contributed by atoms with van der Waals surface area (Å²) in [5, 5.41) is 3.29. The maximum atomic E-state index is 5.16. The fourth-order valence-corrected chi connectivity index (χ4v) is 6.80. The lowest BCUT2D eigenvalue weighted by Gasteiger charge is -2.13. The molecule has 0 unspecified atom stereocenters. The summed E-state index contributed by atoms with van der Waals surface area (Å²) in [6, 6.07) is 50.5. The lowest BCUT2D eigenvalue weighted by atomic mass is 9.97. The molecule has 0 aliphatic carbocycles. The van der Waals surface area contributed by atoms with E-state index >= 15 is 0 Å². The summed E-state index contributed by atoms with van der Waals surface area (Å²) in [6.45, 7) is 4.06. The van der Waals surface area contributed by atoms with E-state index in [0.29, 0.717) is 5.82 Å². The zero-order valence-electron chi connectivity index (χ0n) is 27.7. The van der Waals surface area contributed by atoms with Crippen molar-refractivity contribution in [3.63, 3.8) is 0 Å². The first-order valence-electron chi connectivity index (χ1n) is 16.7. The molecule has 4 aromatic heterocycles. The Morgan fingerprint density at radius 3 is 1.92 bits per heavy atom. The Balaban J connectivity index is 1.15. The Bertz CT molecular complexity index is 2710. The molecular weight excluding hydrogens is 611 g/mol. The van der Waals surface area contributed by atoms with Crippen LogP contribution in [0.25, 0.3) is 88.9 Å². The van der Waals surface area contributed by atoms with Crippen LogP contribution >= 0.6 is 0 Å². The lowest BCUT2D eigenvalue weighted by molar-refractivity contribution is 1.18. The summed E-state index contributed by atoms with van der Waals surface area (Å²) in [4.78, 5) is 24.7. The van der Waals surface area contributed by atoms with E-state index in [9.17, 15) is 0 Å². The molecule has 5 aromatic carbocycles. The Morgan fingerprint density at radius 2 is 1.06 bits per heavy atom. The van der Waals surface area contributed by atoms with Gasteiger partial charge in [-0.2, -0.15) is 0 Å². The minimum Gasteiger partial charge on any atom is -0.256 e. The third-order valence-electron chi connectivity index (χ3n) is 9.26. The van der Waals surface area contributed by atoms with Crippen molar-refractivity contribution >= 4 is 32.7 Å². The second-order valence-electron chi connectivity index (χ2n) is 12.7. The Labute approximate surface area is 290 Å². The van der Waals surface area contributed by atoms with Crippen LogP contribution in [0.5, 0.6) is 0 Å². The molecule has 0 N–H and O–H groups in total. The topological polar surface area (TPSA) is 64.5 Å². The molecule has 0 amide bonds. The first kappa shape index (κ1) is 29.5. The van der Waals surface area contributed by atoms with E-state index < -0.39 is 0 Å². The Hall–Kier alpha value is -6.59. The molecule has 0 bridgehead atoms. The summed E-state index contributed by atoms with van der Waals surface area (Å²) in [6.07, 6.45) is 1.85. The van der Waals surface area contributed by atoms with Gasteiger partial charge in [0.1, 0.15) is 0 Å². The van der Waals surface area contributed by atoms with Gasteiger partial charge in [0.05, 0.1) is 27.9 Å². The standard InChI is InChI=1S/C45H31N5/c1-28-16-17-33-22-23-38-39(25-29(2)48-44(38)43(33)47-28)30-18-20-34(21-19-30)45-49-40(31-9-4-3-5-10-31)27-41(50-45)36-13-6-12-35(26-36)37-15-7-11-32-14-8-24-46-42(32)37/h3-27H,1-2H3. The van der Waals surface area contributed by atoms with E-state index in [-0.39, 0.29) is 0 Å². The molecule has 0 saturated carbocycles. The molecule has 5 nitrogen and oxygen atoms in total. The Morgan fingerprint density at radius 1 is 0.380 bits per heavy atom. The van der Waals surface area contributed by atoms with Crippen molar-refractivity contribution in [1.82, 2.24) is 24.9 Å². The van der Waals surface area contributed by atoms with Gasteiger partial charge in [-0.1, -0.05) is 115 Å². The van der Waals surface area contributed by atoms with Crippen molar-refractivity contribution in [2.45, 2.75) is 13.8 Å². The second-order valence-corrected chi connectivity index (χ2v) is 12.7. The Kier molecular flexibility index (Phi) is 7.17. The smallest absolute Gasteiger partial charge is 0.160 e. The summed E-state index contributed by atoms with van der Waals surface area (Å²) in [5.74, 6) is 0.673. The summed E-state index contributed by atoms with van der Waals surface area (Å²) in [7, 11) is 0. The number of nitrogens with zero attached hydrogens (tertiary/aromatic N) is 5. The maximum absolute atomic E-state index is 5.16. The molecule has 0 saturated heterocycles. The SMILES string of the molecule is Cc1ccc2ccc3c(-c4ccc(-c5nc(-c6ccccc6)cc(-c6cccc(-c7cccc8cccnc78)c6)n5)cc4)cc(C)nc3c2n1. The summed E-state index contributed by atoms with van der Waals surface area (Å²) in [5.41, 5.74) is 13.9. The zero-order valence-corrected chi connectivity index (χ0v) is 27.7. The highest BCUT2D eigenvalue weighted by Gasteiger charge is 2.15. The molecule has 9 rings (SSSR count). The maximum Gasteiger partial charge on any atom is 0.160 e. The van der Waals surface area contributed by atoms with Gasteiger partial charge in [-0.15, -0.1) is 0 Å². The number of hydrogen-bond donors (Lipinski definition) is 0. The highest BCUT2D eigenvalue weighted by Crippen LogP contribution is 2.35. The number of benzene rings is 5. The average molecular weight is 642 g/mol. The van der Waals surface area contributed by atoms with Crippen molar-refractivity contribution in [3.05, 3.63) is 163 Å². The third-order valence-corrected chi connectivity index (χ3v) is 9.26. The number of hydrogen-bond acceptors (Lipinski definition) is 5. The fourth-order valence-electron chi connectivity index (χ4n) is 6.80. The van der Waals surface area contributed by atoms with Gasteiger partial charge in [-0.3, -0.25) is 15.0 Å². The molecule has 0 aliphatic heterocycles. The molecule has 0 fully saturated rings. The van der Waals surface area contributed by atoms with Gasteiger partial charge >= 0.3 is 0 Å². The van der Waals surface area contributed by atoms with E-state index in [1.54, 1.807) is 0 Å². The van der Waals surface area contributed by atoms with E-state index in [2.05, 4.69) is 115 Å². The number of pyridine rings is 3. The summed E-state index contributed by atoms with van der Waals surface area (Å²) >= 11 is 0.